The number of ether oxygens (including phenoxy) is 2. The summed E-state index contributed by atoms with van der Waals surface area (Å²) in [4.78, 5) is 15.1. The van der Waals surface area contributed by atoms with E-state index in [0.29, 0.717) is 24.5 Å². The molecule has 0 bridgehead atoms. The summed E-state index contributed by atoms with van der Waals surface area (Å²) in [5, 5.41) is 3.95. The van der Waals surface area contributed by atoms with E-state index in [1.54, 1.807) is 13.2 Å². The number of hydrogen-bond donors (Lipinski definition) is 0. The Bertz CT molecular complexity index is 1010. The Morgan fingerprint density at radius 1 is 1.21 bits per heavy atom. The lowest BCUT2D eigenvalue weighted by Crippen LogP contribution is -2.35. The molecule has 0 saturated carbocycles. The molecule has 2 aromatic carbocycles. The van der Waals surface area contributed by atoms with Crippen LogP contribution in [0.4, 0.5) is 5.69 Å². The molecule has 29 heavy (non-hydrogen) atoms. The number of hydrogen-bond acceptors (Lipinski definition) is 5. The van der Waals surface area contributed by atoms with Gasteiger partial charge in [0.2, 0.25) is 0 Å². The van der Waals surface area contributed by atoms with Crippen LogP contribution in [-0.2, 0) is 13.0 Å². The van der Waals surface area contributed by atoms with E-state index in [4.69, 9.17) is 14.0 Å². The number of aromatic nitrogens is 1. The van der Waals surface area contributed by atoms with Crippen LogP contribution in [0.15, 0.2) is 47.0 Å². The maximum absolute atomic E-state index is 13.3. The zero-order chi connectivity index (χ0) is 20.4. The van der Waals surface area contributed by atoms with Crippen LogP contribution in [0.5, 0.6) is 11.5 Å². The van der Waals surface area contributed by atoms with Crippen LogP contribution in [-0.4, -0.2) is 24.7 Å². The van der Waals surface area contributed by atoms with Crippen molar-refractivity contribution in [1.82, 2.24) is 5.16 Å². The number of benzene rings is 2. The second kappa shape index (κ2) is 7.99. The van der Waals surface area contributed by atoms with Crippen molar-refractivity contribution in [1.29, 1.82) is 0 Å². The molecule has 6 nitrogen and oxygen atoms in total. The van der Waals surface area contributed by atoms with Gasteiger partial charge in [0.05, 0.1) is 24.1 Å². The molecule has 0 saturated heterocycles. The van der Waals surface area contributed by atoms with E-state index in [9.17, 15) is 4.79 Å². The molecule has 0 radical (unpaired) electrons. The number of carbonyl (C=O) groups excluding carboxylic acids is 1. The highest BCUT2D eigenvalue weighted by Crippen LogP contribution is 2.37. The van der Waals surface area contributed by atoms with E-state index in [2.05, 4.69) is 11.2 Å². The van der Waals surface area contributed by atoms with Gasteiger partial charge in [0.15, 0.2) is 0 Å². The lowest BCUT2D eigenvalue weighted by Gasteiger charge is -2.31. The summed E-state index contributed by atoms with van der Waals surface area (Å²) < 4.78 is 16.6. The van der Waals surface area contributed by atoms with Gasteiger partial charge in [-0.15, -0.1) is 0 Å². The fourth-order valence-electron chi connectivity index (χ4n) is 3.72. The molecule has 1 aliphatic heterocycles. The lowest BCUT2D eigenvalue weighted by atomic mass is 10.00. The van der Waals surface area contributed by atoms with Crippen molar-refractivity contribution in [3.8, 4) is 11.5 Å². The third kappa shape index (κ3) is 3.70. The Morgan fingerprint density at radius 3 is 2.79 bits per heavy atom. The average molecular weight is 392 g/mol. The number of anilines is 1. The largest absolute Gasteiger partial charge is 0.495 e. The van der Waals surface area contributed by atoms with Crippen molar-refractivity contribution in [2.45, 2.75) is 33.3 Å². The number of nitrogens with zero attached hydrogens (tertiary/aromatic N) is 2. The highest BCUT2D eigenvalue weighted by Gasteiger charge is 2.27. The van der Waals surface area contributed by atoms with Gasteiger partial charge in [-0.05, 0) is 56.5 Å². The summed E-state index contributed by atoms with van der Waals surface area (Å²) in [5.74, 6) is 2.04. The minimum atomic E-state index is -0.0572. The number of fused-ring (bicyclic) bond motifs is 1. The normalized spacial score (nSPS) is 13.1. The Balaban J connectivity index is 1.57. The maximum atomic E-state index is 13.3. The number of carbonyl (C=O) groups is 1. The summed E-state index contributed by atoms with van der Waals surface area (Å²) in [7, 11) is 1.63. The number of para-hydroxylation sites is 1. The van der Waals surface area contributed by atoms with Crippen LogP contribution in [0.25, 0.3) is 0 Å². The van der Waals surface area contributed by atoms with E-state index in [1.807, 2.05) is 49.1 Å². The minimum absolute atomic E-state index is 0.0572. The standard InChI is InChI=1S/C23H24N2O4/c1-15-20(16(2)29-24-15)14-28-19-10-4-8-18(13-19)23(26)25-12-6-9-17-7-5-11-21(27-3)22(17)25/h4-5,7-8,10-11,13H,6,9,12,14H2,1-3H3. The lowest BCUT2D eigenvalue weighted by molar-refractivity contribution is 0.0984. The third-order valence-corrected chi connectivity index (χ3v) is 5.29. The van der Waals surface area contributed by atoms with Crippen LogP contribution < -0.4 is 14.4 Å². The van der Waals surface area contributed by atoms with Crippen molar-refractivity contribution >= 4 is 11.6 Å². The van der Waals surface area contributed by atoms with Gasteiger partial charge in [0.25, 0.3) is 5.91 Å². The molecule has 2 heterocycles. The molecule has 4 rings (SSSR count). The zero-order valence-electron chi connectivity index (χ0n) is 16.9. The van der Waals surface area contributed by atoms with E-state index in [1.165, 1.54) is 0 Å². The van der Waals surface area contributed by atoms with E-state index in [-0.39, 0.29) is 5.91 Å². The third-order valence-electron chi connectivity index (χ3n) is 5.29. The monoisotopic (exact) mass is 392 g/mol. The average Bonchev–Trinajstić information content (AvgIpc) is 3.08. The van der Waals surface area contributed by atoms with Gasteiger partial charge in [-0.3, -0.25) is 4.79 Å². The highest BCUT2D eigenvalue weighted by atomic mass is 16.5. The number of methoxy groups -OCH3 is 1. The summed E-state index contributed by atoms with van der Waals surface area (Å²) in [6, 6.07) is 13.2. The first kappa shape index (κ1) is 19.1. The van der Waals surface area contributed by atoms with Gasteiger partial charge in [-0.1, -0.05) is 23.4 Å². The van der Waals surface area contributed by atoms with Crippen LogP contribution in [0.2, 0.25) is 0 Å². The van der Waals surface area contributed by atoms with Crippen LogP contribution in [0.1, 0.15) is 39.4 Å². The van der Waals surface area contributed by atoms with Crippen molar-refractivity contribution < 1.29 is 18.8 Å². The Hall–Kier alpha value is -3.28. The summed E-state index contributed by atoms with van der Waals surface area (Å²) in [5.41, 5.74) is 4.33. The molecule has 0 N–H and O–H groups in total. The first-order valence-electron chi connectivity index (χ1n) is 9.71. The predicted molar refractivity (Wildman–Crippen MR) is 110 cm³/mol. The topological polar surface area (TPSA) is 64.8 Å². The van der Waals surface area contributed by atoms with Crippen molar-refractivity contribution in [2.75, 3.05) is 18.6 Å². The molecule has 1 aliphatic rings. The predicted octanol–water partition coefficient (Wildman–Crippen LogP) is 4.47. The quantitative estimate of drug-likeness (QED) is 0.641. The zero-order valence-corrected chi connectivity index (χ0v) is 16.9. The number of aryl methyl sites for hydroxylation is 3. The molecule has 0 aliphatic carbocycles. The minimum Gasteiger partial charge on any atom is -0.495 e. The van der Waals surface area contributed by atoms with Crippen LogP contribution in [0.3, 0.4) is 0 Å². The molecular weight excluding hydrogens is 368 g/mol. The van der Waals surface area contributed by atoms with E-state index >= 15 is 0 Å². The summed E-state index contributed by atoms with van der Waals surface area (Å²) in [6.07, 6.45) is 1.87. The van der Waals surface area contributed by atoms with Gasteiger partial charge in [-0.2, -0.15) is 0 Å². The number of amides is 1. The van der Waals surface area contributed by atoms with Gasteiger partial charge in [0.1, 0.15) is 23.9 Å². The molecule has 0 fully saturated rings. The van der Waals surface area contributed by atoms with Crippen molar-refractivity contribution in [2.24, 2.45) is 0 Å². The first-order valence-corrected chi connectivity index (χ1v) is 9.71. The van der Waals surface area contributed by atoms with Gasteiger partial charge in [-0.25, -0.2) is 0 Å². The molecule has 0 unspecified atom stereocenters. The molecule has 3 aromatic rings. The van der Waals surface area contributed by atoms with E-state index in [0.717, 1.165) is 46.9 Å². The maximum Gasteiger partial charge on any atom is 0.258 e. The fraction of sp³-hybridized carbons (Fsp3) is 0.304. The van der Waals surface area contributed by atoms with Gasteiger partial charge < -0.3 is 18.9 Å². The van der Waals surface area contributed by atoms with Gasteiger partial charge >= 0.3 is 0 Å². The molecule has 6 heteroatoms. The highest BCUT2D eigenvalue weighted by molar-refractivity contribution is 6.07. The summed E-state index contributed by atoms with van der Waals surface area (Å²) >= 11 is 0. The Kier molecular flexibility index (Phi) is 5.25. The second-order valence-electron chi connectivity index (χ2n) is 7.15. The fourth-order valence-corrected chi connectivity index (χ4v) is 3.72. The van der Waals surface area contributed by atoms with Crippen LogP contribution in [0, 0.1) is 13.8 Å². The van der Waals surface area contributed by atoms with E-state index < -0.39 is 0 Å². The smallest absolute Gasteiger partial charge is 0.258 e. The Morgan fingerprint density at radius 2 is 2.03 bits per heavy atom. The second-order valence-corrected chi connectivity index (χ2v) is 7.15. The van der Waals surface area contributed by atoms with Gasteiger partial charge in [0, 0.05) is 12.1 Å². The summed E-state index contributed by atoms with van der Waals surface area (Å²) in [6.45, 7) is 4.76. The molecule has 0 spiro atoms. The van der Waals surface area contributed by atoms with Crippen molar-refractivity contribution in [3.63, 3.8) is 0 Å². The molecule has 150 valence electrons. The SMILES string of the molecule is COc1cccc2c1N(C(=O)c1cccc(OCc3c(C)noc3C)c1)CCC2. The first-order chi connectivity index (χ1) is 14.1. The van der Waals surface area contributed by atoms with Crippen molar-refractivity contribution in [3.05, 3.63) is 70.6 Å². The molecule has 0 atom stereocenters. The molecule has 1 aromatic heterocycles. The molecular formula is C23H24N2O4. The Labute approximate surface area is 170 Å². The van der Waals surface area contributed by atoms with Crippen LogP contribution >= 0.6 is 0 Å². The number of rotatable bonds is 5. The molecule has 1 amide bonds.